The van der Waals surface area contributed by atoms with Gasteiger partial charge in [0.15, 0.2) is 5.78 Å². The van der Waals surface area contributed by atoms with Crippen molar-refractivity contribution in [1.82, 2.24) is 5.32 Å². The fourth-order valence-electron chi connectivity index (χ4n) is 2.32. The summed E-state index contributed by atoms with van der Waals surface area (Å²) in [4.78, 5) is 37.7. The lowest BCUT2D eigenvalue weighted by molar-refractivity contribution is -0.124. The number of nitrogens with one attached hydrogen (secondary N) is 2. The highest BCUT2D eigenvalue weighted by Crippen LogP contribution is 2.15. The van der Waals surface area contributed by atoms with Crippen molar-refractivity contribution in [2.75, 3.05) is 30.9 Å². The van der Waals surface area contributed by atoms with Crippen molar-refractivity contribution in [3.8, 4) is 0 Å². The summed E-state index contributed by atoms with van der Waals surface area (Å²) in [6.45, 7) is -0.149. The van der Waals surface area contributed by atoms with Gasteiger partial charge in [-0.15, -0.1) is 0 Å². The van der Waals surface area contributed by atoms with Gasteiger partial charge < -0.3 is 15.5 Å². The van der Waals surface area contributed by atoms with E-state index in [2.05, 4.69) is 10.6 Å². The molecule has 0 heterocycles. The van der Waals surface area contributed by atoms with E-state index >= 15 is 0 Å². The Labute approximate surface area is 163 Å². The number of rotatable bonds is 8. The number of hydrogen-bond donors (Lipinski definition) is 2. The van der Waals surface area contributed by atoms with Gasteiger partial charge in [0.1, 0.15) is 0 Å². The Morgan fingerprint density at radius 3 is 2.11 bits per heavy atom. The van der Waals surface area contributed by atoms with Gasteiger partial charge in [0.05, 0.1) is 6.54 Å². The lowest BCUT2D eigenvalue weighted by atomic mass is 10.1. The largest absolute Gasteiger partial charge is 0.378 e. The zero-order valence-corrected chi connectivity index (χ0v) is 16.0. The van der Waals surface area contributed by atoms with Gasteiger partial charge >= 0.3 is 0 Å². The van der Waals surface area contributed by atoms with Crippen molar-refractivity contribution in [3.05, 3.63) is 59.1 Å². The molecule has 0 aromatic heterocycles. The Morgan fingerprint density at radius 1 is 0.889 bits per heavy atom. The van der Waals surface area contributed by atoms with Crippen molar-refractivity contribution >= 4 is 40.6 Å². The predicted octanol–water partition coefficient (Wildman–Crippen LogP) is 3.12. The highest BCUT2D eigenvalue weighted by atomic mass is 35.5. The van der Waals surface area contributed by atoms with Gasteiger partial charge in [-0.25, -0.2) is 0 Å². The molecule has 2 N–H and O–H groups in total. The van der Waals surface area contributed by atoms with E-state index in [0.29, 0.717) is 16.3 Å². The number of benzene rings is 2. The van der Waals surface area contributed by atoms with Gasteiger partial charge in [0.2, 0.25) is 11.8 Å². The molecule has 0 bridgehead atoms. The third-order valence-electron chi connectivity index (χ3n) is 3.86. The van der Waals surface area contributed by atoms with Crippen LogP contribution in [0.5, 0.6) is 0 Å². The number of halogens is 1. The molecule has 142 valence electrons. The quantitative estimate of drug-likeness (QED) is 0.682. The molecule has 6 nitrogen and oxygen atoms in total. The first kappa shape index (κ1) is 20.5. The van der Waals surface area contributed by atoms with Crippen LogP contribution in [-0.4, -0.2) is 38.2 Å². The maximum atomic E-state index is 12.0. The van der Waals surface area contributed by atoms with Crippen LogP contribution in [0.2, 0.25) is 5.02 Å². The van der Waals surface area contributed by atoms with E-state index in [-0.39, 0.29) is 37.0 Å². The Balaban J connectivity index is 1.72. The molecule has 2 rings (SSSR count). The Kier molecular flexibility index (Phi) is 7.37. The second-order valence-corrected chi connectivity index (χ2v) is 6.63. The average molecular weight is 388 g/mol. The number of nitrogens with zero attached hydrogens (tertiary/aromatic N) is 1. The average Bonchev–Trinajstić information content (AvgIpc) is 2.65. The molecule has 0 aliphatic rings. The van der Waals surface area contributed by atoms with Crippen LogP contribution >= 0.6 is 11.6 Å². The van der Waals surface area contributed by atoms with Crippen molar-refractivity contribution in [1.29, 1.82) is 0 Å². The number of anilines is 2. The number of hydrogen-bond acceptors (Lipinski definition) is 4. The summed E-state index contributed by atoms with van der Waals surface area (Å²) in [5, 5.41) is 5.77. The molecule has 0 atom stereocenters. The molecular formula is C20H22ClN3O3. The van der Waals surface area contributed by atoms with E-state index in [9.17, 15) is 14.4 Å². The zero-order valence-electron chi connectivity index (χ0n) is 15.3. The Hall–Kier alpha value is -2.86. The predicted molar refractivity (Wildman–Crippen MR) is 107 cm³/mol. The minimum atomic E-state index is -0.351. The monoisotopic (exact) mass is 387 g/mol. The standard InChI is InChI=1S/C20H22ClN3O3/c1-24(2)17-9-7-16(8-10-17)23-20(27)13-22-19(26)12-11-18(25)14-3-5-15(21)6-4-14/h3-10H,11-13H2,1-2H3,(H,22,26)(H,23,27). The first-order chi connectivity index (χ1) is 12.8. The number of carbonyl (C=O) groups is 3. The molecule has 0 fully saturated rings. The first-order valence-electron chi connectivity index (χ1n) is 8.48. The van der Waals surface area contributed by atoms with E-state index < -0.39 is 0 Å². The van der Waals surface area contributed by atoms with Crippen LogP contribution < -0.4 is 15.5 Å². The van der Waals surface area contributed by atoms with E-state index in [0.717, 1.165) is 5.69 Å². The molecule has 7 heteroatoms. The van der Waals surface area contributed by atoms with Crippen LogP contribution in [0, 0.1) is 0 Å². The number of amides is 2. The summed E-state index contributed by atoms with van der Waals surface area (Å²) >= 11 is 5.78. The second kappa shape index (κ2) is 9.73. The van der Waals surface area contributed by atoms with E-state index in [1.165, 1.54) is 0 Å². The van der Waals surface area contributed by atoms with Gasteiger partial charge in [-0.05, 0) is 48.5 Å². The van der Waals surface area contributed by atoms with Gasteiger partial charge in [0, 0.05) is 48.9 Å². The third kappa shape index (κ3) is 6.75. The van der Waals surface area contributed by atoms with Crippen molar-refractivity contribution in [2.24, 2.45) is 0 Å². The molecule has 0 spiro atoms. The zero-order chi connectivity index (χ0) is 19.8. The fraction of sp³-hybridized carbons (Fsp3) is 0.250. The van der Waals surface area contributed by atoms with E-state index in [1.54, 1.807) is 36.4 Å². The Bertz CT molecular complexity index is 802. The fourth-order valence-corrected chi connectivity index (χ4v) is 2.45. The maximum absolute atomic E-state index is 12.0. The number of Topliss-reactive ketones (excluding diaryl/α,β-unsaturated/α-hetero) is 1. The summed E-state index contributed by atoms with van der Waals surface area (Å²) in [6, 6.07) is 13.9. The molecule has 0 aliphatic heterocycles. The van der Waals surface area contributed by atoms with Crippen molar-refractivity contribution in [3.63, 3.8) is 0 Å². The molecule has 2 aromatic rings. The molecule has 2 amide bonds. The summed E-state index contributed by atoms with van der Waals surface area (Å²) in [6.07, 6.45) is 0.0906. The van der Waals surface area contributed by atoms with Gasteiger partial charge in [0.25, 0.3) is 0 Å². The molecule has 2 aromatic carbocycles. The molecular weight excluding hydrogens is 366 g/mol. The molecule has 27 heavy (non-hydrogen) atoms. The van der Waals surface area contributed by atoms with Crippen LogP contribution in [0.1, 0.15) is 23.2 Å². The minimum absolute atomic E-state index is 0.0201. The van der Waals surface area contributed by atoms with Gasteiger partial charge in [-0.2, -0.15) is 0 Å². The van der Waals surface area contributed by atoms with Crippen molar-refractivity contribution in [2.45, 2.75) is 12.8 Å². The summed E-state index contributed by atoms with van der Waals surface area (Å²) in [5.41, 5.74) is 2.18. The number of ketones is 1. The lowest BCUT2D eigenvalue weighted by Crippen LogP contribution is -2.33. The second-order valence-electron chi connectivity index (χ2n) is 6.20. The van der Waals surface area contributed by atoms with Crippen LogP contribution in [0.15, 0.2) is 48.5 Å². The number of carbonyl (C=O) groups excluding carboxylic acids is 3. The summed E-state index contributed by atoms with van der Waals surface area (Å²) < 4.78 is 0. The summed E-state index contributed by atoms with van der Waals surface area (Å²) in [7, 11) is 3.86. The van der Waals surface area contributed by atoms with E-state index in [4.69, 9.17) is 11.6 Å². The highest BCUT2D eigenvalue weighted by molar-refractivity contribution is 6.30. The van der Waals surface area contributed by atoms with Crippen molar-refractivity contribution < 1.29 is 14.4 Å². The topological polar surface area (TPSA) is 78.5 Å². The van der Waals surface area contributed by atoms with Gasteiger partial charge in [-0.1, -0.05) is 11.6 Å². The van der Waals surface area contributed by atoms with Gasteiger partial charge in [-0.3, -0.25) is 14.4 Å². The van der Waals surface area contributed by atoms with E-state index in [1.807, 2.05) is 31.1 Å². The van der Waals surface area contributed by atoms with Crippen LogP contribution in [-0.2, 0) is 9.59 Å². The Morgan fingerprint density at radius 2 is 1.52 bits per heavy atom. The maximum Gasteiger partial charge on any atom is 0.243 e. The summed E-state index contributed by atoms with van der Waals surface area (Å²) in [5.74, 6) is -0.826. The van der Waals surface area contributed by atoms with Crippen LogP contribution in [0.25, 0.3) is 0 Å². The third-order valence-corrected chi connectivity index (χ3v) is 4.11. The molecule has 0 saturated carbocycles. The highest BCUT2D eigenvalue weighted by Gasteiger charge is 2.11. The molecule has 0 unspecified atom stereocenters. The SMILES string of the molecule is CN(C)c1ccc(NC(=O)CNC(=O)CCC(=O)c2ccc(Cl)cc2)cc1. The van der Waals surface area contributed by atoms with Crippen LogP contribution in [0.4, 0.5) is 11.4 Å². The lowest BCUT2D eigenvalue weighted by Gasteiger charge is -2.13. The molecule has 0 saturated heterocycles. The first-order valence-corrected chi connectivity index (χ1v) is 8.85. The smallest absolute Gasteiger partial charge is 0.243 e. The normalized spacial score (nSPS) is 10.2. The minimum Gasteiger partial charge on any atom is -0.378 e. The van der Waals surface area contributed by atoms with Crippen LogP contribution in [0.3, 0.4) is 0 Å². The molecule has 0 radical (unpaired) electrons. The molecule has 0 aliphatic carbocycles.